The molecule has 0 spiro atoms. The van der Waals surface area contributed by atoms with E-state index < -0.39 is 16.0 Å². The molecular formula is C20H21NO5S. The number of nitrogens with zero attached hydrogens (tertiary/aromatic N) is 1. The molecule has 0 amide bonds. The minimum absolute atomic E-state index is 0.0430. The fraction of sp³-hybridized carbons (Fsp3) is 0.250. The third kappa shape index (κ3) is 4.75. The Labute approximate surface area is 158 Å². The van der Waals surface area contributed by atoms with Crippen molar-refractivity contribution in [3.8, 4) is 5.75 Å². The highest BCUT2D eigenvalue weighted by Crippen LogP contribution is 2.27. The van der Waals surface area contributed by atoms with E-state index in [0.29, 0.717) is 30.2 Å². The monoisotopic (exact) mass is 387 g/mol. The van der Waals surface area contributed by atoms with Crippen LogP contribution in [0, 0.1) is 0 Å². The Balaban J connectivity index is 1.64. The molecule has 7 heteroatoms. The van der Waals surface area contributed by atoms with Gasteiger partial charge in [-0.25, -0.2) is 8.42 Å². The third-order valence-electron chi connectivity index (χ3n) is 4.36. The van der Waals surface area contributed by atoms with Crippen molar-refractivity contribution in [2.24, 2.45) is 0 Å². The molecule has 1 N–H and O–H groups in total. The zero-order chi connectivity index (χ0) is 19.3. The molecule has 1 aliphatic rings. The van der Waals surface area contributed by atoms with Crippen LogP contribution >= 0.6 is 0 Å². The Morgan fingerprint density at radius 1 is 1.07 bits per heavy atom. The summed E-state index contributed by atoms with van der Waals surface area (Å²) in [7, 11) is -3.47. The van der Waals surface area contributed by atoms with Crippen LogP contribution in [0.2, 0.25) is 0 Å². The molecule has 142 valence electrons. The van der Waals surface area contributed by atoms with Gasteiger partial charge in [0.25, 0.3) is 0 Å². The lowest BCUT2D eigenvalue weighted by molar-refractivity contribution is -0.137. The fourth-order valence-corrected chi connectivity index (χ4v) is 4.30. The Morgan fingerprint density at radius 3 is 2.37 bits per heavy atom. The van der Waals surface area contributed by atoms with Gasteiger partial charge in [-0.1, -0.05) is 36.4 Å². The van der Waals surface area contributed by atoms with Gasteiger partial charge in [0.2, 0.25) is 10.0 Å². The summed E-state index contributed by atoms with van der Waals surface area (Å²) in [6.45, 7) is 0.896. The van der Waals surface area contributed by atoms with Crippen LogP contribution in [-0.2, 0) is 14.8 Å². The maximum Gasteiger partial charge on any atom is 0.306 e. The molecule has 2 aromatic carbocycles. The van der Waals surface area contributed by atoms with E-state index in [9.17, 15) is 13.2 Å². The SMILES string of the molecule is O=C(O)CCOc1ccc(C2=CCN(S(=O)(=O)c3ccccc3)CC2)cc1. The topological polar surface area (TPSA) is 83.9 Å². The molecule has 0 radical (unpaired) electrons. The molecule has 0 bridgehead atoms. The van der Waals surface area contributed by atoms with Crippen molar-refractivity contribution in [3.63, 3.8) is 0 Å². The smallest absolute Gasteiger partial charge is 0.306 e. The molecule has 6 nitrogen and oxygen atoms in total. The maximum absolute atomic E-state index is 12.7. The highest BCUT2D eigenvalue weighted by molar-refractivity contribution is 7.89. The Morgan fingerprint density at radius 2 is 1.78 bits per heavy atom. The number of ether oxygens (including phenoxy) is 1. The maximum atomic E-state index is 12.7. The van der Waals surface area contributed by atoms with Gasteiger partial charge in [-0.05, 0) is 41.8 Å². The van der Waals surface area contributed by atoms with Crippen molar-refractivity contribution in [1.82, 2.24) is 4.31 Å². The van der Waals surface area contributed by atoms with Gasteiger partial charge in [-0.3, -0.25) is 4.79 Å². The summed E-state index contributed by atoms with van der Waals surface area (Å²) in [5, 5.41) is 8.62. The second-order valence-corrected chi connectivity index (χ2v) is 8.11. The molecule has 0 atom stereocenters. The molecular weight excluding hydrogens is 366 g/mol. The van der Waals surface area contributed by atoms with E-state index in [1.54, 1.807) is 42.5 Å². The summed E-state index contributed by atoms with van der Waals surface area (Å²) in [6.07, 6.45) is 2.52. The van der Waals surface area contributed by atoms with Gasteiger partial charge in [-0.2, -0.15) is 4.31 Å². The summed E-state index contributed by atoms with van der Waals surface area (Å²) >= 11 is 0. The lowest BCUT2D eigenvalue weighted by Gasteiger charge is -2.26. The predicted octanol–water partition coefficient (Wildman–Crippen LogP) is 3.02. The summed E-state index contributed by atoms with van der Waals surface area (Å²) < 4.78 is 32.2. The molecule has 0 aliphatic carbocycles. The number of benzene rings is 2. The van der Waals surface area contributed by atoms with Gasteiger partial charge in [0, 0.05) is 13.1 Å². The van der Waals surface area contributed by atoms with Gasteiger partial charge in [0.05, 0.1) is 17.9 Å². The number of carboxylic acids is 1. The van der Waals surface area contributed by atoms with Crippen LogP contribution in [0.15, 0.2) is 65.6 Å². The van der Waals surface area contributed by atoms with Crippen LogP contribution in [0.3, 0.4) is 0 Å². The Kier molecular flexibility index (Phi) is 5.93. The van der Waals surface area contributed by atoms with Crippen molar-refractivity contribution in [1.29, 1.82) is 0 Å². The first-order valence-corrected chi connectivity index (χ1v) is 10.1. The molecule has 3 rings (SSSR count). The number of aliphatic carboxylic acids is 1. The predicted molar refractivity (Wildman–Crippen MR) is 102 cm³/mol. The van der Waals surface area contributed by atoms with Crippen LogP contribution in [0.4, 0.5) is 0 Å². The van der Waals surface area contributed by atoms with Crippen molar-refractivity contribution < 1.29 is 23.1 Å². The van der Waals surface area contributed by atoms with Gasteiger partial charge in [0.1, 0.15) is 5.75 Å². The number of carboxylic acid groups (broad SMARTS) is 1. The Bertz CT molecular complexity index is 921. The molecule has 1 aliphatic heterocycles. The van der Waals surface area contributed by atoms with E-state index in [1.165, 1.54) is 4.31 Å². The van der Waals surface area contributed by atoms with Crippen molar-refractivity contribution >= 4 is 21.6 Å². The van der Waals surface area contributed by atoms with Crippen molar-refractivity contribution in [2.75, 3.05) is 19.7 Å². The highest BCUT2D eigenvalue weighted by Gasteiger charge is 2.26. The van der Waals surface area contributed by atoms with Gasteiger partial charge in [-0.15, -0.1) is 0 Å². The molecule has 0 aromatic heterocycles. The average Bonchev–Trinajstić information content (AvgIpc) is 2.69. The molecule has 0 unspecified atom stereocenters. The van der Waals surface area contributed by atoms with Crippen LogP contribution in [0.5, 0.6) is 5.75 Å². The lowest BCUT2D eigenvalue weighted by Crippen LogP contribution is -2.34. The van der Waals surface area contributed by atoms with Crippen LogP contribution < -0.4 is 4.74 Å². The molecule has 0 saturated carbocycles. The van der Waals surface area contributed by atoms with E-state index in [2.05, 4.69) is 0 Å². The van der Waals surface area contributed by atoms with E-state index in [-0.39, 0.29) is 13.0 Å². The van der Waals surface area contributed by atoms with Crippen molar-refractivity contribution in [3.05, 3.63) is 66.2 Å². The number of carbonyl (C=O) groups is 1. The van der Waals surface area contributed by atoms with Crippen LogP contribution in [0.25, 0.3) is 5.57 Å². The van der Waals surface area contributed by atoms with Crippen LogP contribution in [-0.4, -0.2) is 43.5 Å². The largest absolute Gasteiger partial charge is 0.493 e. The molecule has 2 aromatic rings. The first kappa shape index (κ1) is 19.1. The lowest BCUT2D eigenvalue weighted by atomic mass is 10.0. The Hall–Kier alpha value is -2.64. The third-order valence-corrected chi connectivity index (χ3v) is 6.24. The summed E-state index contributed by atoms with van der Waals surface area (Å²) in [5.74, 6) is -0.279. The van der Waals surface area contributed by atoms with E-state index in [1.807, 2.05) is 18.2 Å². The molecule has 1 heterocycles. The van der Waals surface area contributed by atoms with Crippen molar-refractivity contribution in [2.45, 2.75) is 17.7 Å². The first-order valence-electron chi connectivity index (χ1n) is 8.66. The number of sulfonamides is 1. The first-order chi connectivity index (χ1) is 13.0. The highest BCUT2D eigenvalue weighted by atomic mass is 32.2. The molecule has 27 heavy (non-hydrogen) atoms. The van der Waals surface area contributed by atoms with E-state index in [4.69, 9.17) is 9.84 Å². The molecule has 0 fully saturated rings. The second kappa shape index (κ2) is 8.37. The summed E-state index contributed by atoms with van der Waals surface area (Å²) in [5.41, 5.74) is 2.10. The summed E-state index contributed by atoms with van der Waals surface area (Å²) in [6, 6.07) is 15.9. The minimum Gasteiger partial charge on any atom is -0.493 e. The molecule has 0 saturated heterocycles. The number of rotatable bonds is 7. The minimum atomic E-state index is -3.47. The van der Waals surface area contributed by atoms with Gasteiger partial charge < -0.3 is 9.84 Å². The average molecular weight is 387 g/mol. The zero-order valence-corrected chi connectivity index (χ0v) is 15.6. The number of hydrogen-bond donors (Lipinski definition) is 1. The zero-order valence-electron chi connectivity index (χ0n) is 14.7. The quantitative estimate of drug-likeness (QED) is 0.789. The number of hydrogen-bond acceptors (Lipinski definition) is 4. The second-order valence-electron chi connectivity index (χ2n) is 6.17. The van der Waals surface area contributed by atoms with E-state index >= 15 is 0 Å². The fourth-order valence-electron chi connectivity index (χ4n) is 2.89. The van der Waals surface area contributed by atoms with Gasteiger partial charge >= 0.3 is 5.97 Å². The van der Waals surface area contributed by atoms with Gasteiger partial charge in [0.15, 0.2) is 0 Å². The normalized spacial score (nSPS) is 15.2. The van der Waals surface area contributed by atoms with Crippen LogP contribution in [0.1, 0.15) is 18.4 Å². The van der Waals surface area contributed by atoms with E-state index in [0.717, 1.165) is 11.1 Å². The summed E-state index contributed by atoms with van der Waals surface area (Å²) in [4.78, 5) is 10.8. The standard InChI is InChI=1S/C20H21NO5S/c22-20(23)12-15-26-18-8-6-16(7-9-18)17-10-13-21(14-11-17)27(24,25)19-4-2-1-3-5-19/h1-10H,11-15H2,(H,22,23).